The molecule has 1 aliphatic rings. The molecule has 1 fully saturated rings. The normalized spacial score (nSPS) is 16.6. The maximum Gasteiger partial charge on any atom is 0.266 e. The van der Waals surface area contributed by atoms with Gasteiger partial charge in [-0.05, 0) is 13.0 Å². The average Bonchev–Trinajstić information content (AvgIpc) is 3.06. The summed E-state index contributed by atoms with van der Waals surface area (Å²) in [6, 6.07) is 3.34. The summed E-state index contributed by atoms with van der Waals surface area (Å²) in [6.07, 6.45) is 1.84. The molecule has 136 valence electrons. The number of oxazole rings is 1. The molecule has 25 heavy (non-hydrogen) atoms. The van der Waals surface area contributed by atoms with E-state index >= 15 is 0 Å². The number of rotatable bonds is 6. The molecular formula is C18H27N5O2. The highest BCUT2D eigenvalue weighted by atomic mass is 16.4. The van der Waals surface area contributed by atoms with Gasteiger partial charge in [0.1, 0.15) is 5.76 Å². The fourth-order valence-electron chi connectivity index (χ4n) is 2.97. The molecule has 0 amide bonds. The summed E-state index contributed by atoms with van der Waals surface area (Å²) >= 11 is 0. The first-order valence-corrected chi connectivity index (χ1v) is 8.95. The van der Waals surface area contributed by atoms with E-state index in [1.54, 1.807) is 16.8 Å². The van der Waals surface area contributed by atoms with Crippen molar-refractivity contribution in [2.75, 3.05) is 32.7 Å². The SMILES string of the molecule is Cc1ccc(=O)n(CCN2CCN(Cc3ncc(C(C)C)o3)CC2)n1. The number of hydrogen-bond donors (Lipinski definition) is 0. The van der Waals surface area contributed by atoms with Crippen LogP contribution in [0.3, 0.4) is 0 Å². The molecule has 3 heterocycles. The van der Waals surface area contributed by atoms with Crippen molar-refractivity contribution in [2.24, 2.45) is 0 Å². The van der Waals surface area contributed by atoms with Crippen molar-refractivity contribution < 1.29 is 4.42 Å². The minimum Gasteiger partial charge on any atom is -0.444 e. The maximum absolute atomic E-state index is 11.8. The largest absolute Gasteiger partial charge is 0.444 e. The Balaban J connectivity index is 1.45. The molecule has 7 heteroatoms. The first-order valence-electron chi connectivity index (χ1n) is 8.95. The fourth-order valence-corrected chi connectivity index (χ4v) is 2.97. The standard InChI is InChI=1S/C18H27N5O2/c1-14(2)16-12-19-17(25-16)13-22-8-6-21(7-9-22)10-11-23-18(24)5-4-15(3)20-23/h4-5,12,14H,6-11,13H2,1-3H3. The van der Waals surface area contributed by atoms with Crippen LogP contribution in [0.2, 0.25) is 0 Å². The van der Waals surface area contributed by atoms with Gasteiger partial charge in [0.25, 0.3) is 5.56 Å². The first-order chi connectivity index (χ1) is 12.0. The van der Waals surface area contributed by atoms with Gasteiger partial charge in [-0.3, -0.25) is 14.6 Å². The highest BCUT2D eigenvalue weighted by Gasteiger charge is 2.19. The lowest BCUT2D eigenvalue weighted by molar-refractivity contribution is 0.114. The van der Waals surface area contributed by atoms with Gasteiger partial charge < -0.3 is 4.42 Å². The van der Waals surface area contributed by atoms with Crippen LogP contribution >= 0.6 is 0 Å². The predicted octanol–water partition coefficient (Wildman–Crippen LogP) is 1.48. The minimum absolute atomic E-state index is 0.0333. The Kier molecular flexibility index (Phi) is 5.65. The van der Waals surface area contributed by atoms with Gasteiger partial charge in [0.15, 0.2) is 0 Å². The second-order valence-corrected chi connectivity index (χ2v) is 6.96. The van der Waals surface area contributed by atoms with Gasteiger partial charge in [0.05, 0.1) is 25.0 Å². The van der Waals surface area contributed by atoms with Crippen LogP contribution in [0.4, 0.5) is 0 Å². The van der Waals surface area contributed by atoms with E-state index in [2.05, 4.69) is 33.7 Å². The minimum atomic E-state index is -0.0333. The van der Waals surface area contributed by atoms with Crippen LogP contribution in [-0.4, -0.2) is 57.3 Å². The van der Waals surface area contributed by atoms with E-state index in [9.17, 15) is 4.79 Å². The average molecular weight is 345 g/mol. The van der Waals surface area contributed by atoms with Crippen LogP contribution in [-0.2, 0) is 13.1 Å². The molecule has 0 bridgehead atoms. The monoisotopic (exact) mass is 345 g/mol. The third kappa shape index (κ3) is 4.76. The molecule has 0 N–H and O–H groups in total. The van der Waals surface area contributed by atoms with Gasteiger partial charge in [-0.1, -0.05) is 13.8 Å². The summed E-state index contributed by atoms with van der Waals surface area (Å²) < 4.78 is 7.35. The van der Waals surface area contributed by atoms with Crippen molar-refractivity contribution in [3.8, 4) is 0 Å². The number of piperazine rings is 1. The van der Waals surface area contributed by atoms with Crippen molar-refractivity contribution in [2.45, 2.75) is 39.8 Å². The van der Waals surface area contributed by atoms with E-state index in [1.165, 1.54) is 0 Å². The van der Waals surface area contributed by atoms with Gasteiger partial charge >= 0.3 is 0 Å². The molecule has 2 aromatic rings. The van der Waals surface area contributed by atoms with Crippen molar-refractivity contribution in [1.82, 2.24) is 24.6 Å². The lowest BCUT2D eigenvalue weighted by Crippen LogP contribution is -2.47. The summed E-state index contributed by atoms with van der Waals surface area (Å²) in [6.45, 7) is 12.3. The lowest BCUT2D eigenvalue weighted by atomic mass is 10.2. The molecule has 0 atom stereocenters. The molecule has 0 spiro atoms. The summed E-state index contributed by atoms with van der Waals surface area (Å²) in [4.78, 5) is 20.9. The molecular weight excluding hydrogens is 318 g/mol. The summed E-state index contributed by atoms with van der Waals surface area (Å²) in [5.41, 5.74) is 0.838. The number of aromatic nitrogens is 3. The summed E-state index contributed by atoms with van der Waals surface area (Å²) in [5, 5.41) is 4.29. The highest BCUT2D eigenvalue weighted by molar-refractivity contribution is 4.99. The maximum atomic E-state index is 11.8. The number of aryl methyl sites for hydroxylation is 1. The van der Waals surface area contributed by atoms with Crippen LogP contribution in [0.5, 0.6) is 0 Å². The second kappa shape index (κ2) is 7.93. The van der Waals surface area contributed by atoms with Crippen molar-refractivity contribution >= 4 is 0 Å². The molecule has 1 saturated heterocycles. The van der Waals surface area contributed by atoms with Crippen molar-refractivity contribution in [3.63, 3.8) is 0 Å². The predicted molar refractivity (Wildman–Crippen MR) is 95.5 cm³/mol. The lowest BCUT2D eigenvalue weighted by Gasteiger charge is -2.33. The van der Waals surface area contributed by atoms with Crippen molar-refractivity contribution in [3.05, 3.63) is 46.0 Å². The Morgan fingerprint density at radius 2 is 1.84 bits per heavy atom. The molecule has 2 aromatic heterocycles. The van der Waals surface area contributed by atoms with Gasteiger partial charge in [-0.2, -0.15) is 5.10 Å². The fraction of sp³-hybridized carbons (Fsp3) is 0.611. The third-order valence-electron chi connectivity index (χ3n) is 4.59. The smallest absolute Gasteiger partial charge is 0.266 e. The van der Waals surface area contributed by atoms with E-state index in [0.717, 1.165) is 56.6 Å². The Hall–Kier alpha value is -1.99. The topological polar surface area (TPSA) is 67.4 Å². The zero-order valence-electron chi connectivity index (χ0n) is 15.3. The Bertz CT molecular complexity index is 744. The molecule has 0 unspecified atom stereocenters. The summed E-state index contributed by atoms with van der Waals surface area (Å²) in [5.74, 6) is 2.12. The van der Waals surface area contributed by atoms with E-state index in [4.69, 9.17) is 4.42 Å². The molecule has 1 aliphatic heterocycles. The molecule has 3 rings (SSSR count). The van der Waals surface area contributed by atoms with E-state index in [1.807, 2.05) is 13.1 Å². The highest BCUT2D eigenvalue weighted by Crippen LogP contribution is 2.16. The number of hydrogen-bond acceptors (Lipinski definition) is 6. The van der Waals surface area contributed by atoms with Crippen LogP contribution < -0.4 is 5.56 Å². The number of nitrogens with zero attached hydrogens (tertiary/aromatic N) is 5. The van der Waals surface area contributed by atoms with Crippen LogP contribution in [0, 0.1) is 6.92 Å². The van der Waals surface area contributed by atoms with E-state index < -0.39 is 0 Å². The molecule has 0 aromatic carbocycles. The third-order valence-corrected chi connectivity index (χ3v) is 4.59. The molecule has 7 nitrogen and oxygen atoms in total. The van der Waals surface area contributed by atoms with Crippen LogP contribution in [0.15, 0.2) is 27.5 Å². The van der Waals surface area contributed by atoms with Gasteiger partial charge in [0, 0.05) is 44.7 Å². The molecule has 0 aliphatic carbocycles. The second-order valence-electron chi connectivity index (χ2n) is 6.96. The van der Waals surface area contributed by atoms with E-state index in [0.29, 0.717) is 12.5 Å². The quantitative estimate of drug-likeness (QED) is 0.790. The van der Waals surface area contributed by atoms with Gasteiger partial charge in [-0.15, -0.1) is 0 Å². The van der Waals surface area contributed by atoms with E-state index in [-0.39, 0.29) is 5.56 Å². The Morgan fingerprint density at radius 3 is 2.52 bits per heavy atom. The molecule has 0 saturated carbocycles. The van der Waals surface area contributed by atoms with Crippen molar-refractivity contribution in [1.29, 1.82) is 0 Å². The summed E-state index contributed by atoms with van der Waals surface area (Å²) in [7, 11) is 0. The molecule has 0 radical (unpaired) electrons. The Labute approximate surface area is 148 Å². The van der Waals surface area contributed by atoms with Crippen LogP contribution in [0.1, 0.15) is 37.1 Å². The zero-order chi connectivity index (χ0) is 17.8. The Morgan fingerprint density at radius 1 is 1.12 bits per heavy atom. The zero-order valence-corrected chi connectivity index (χ0v) is 15.3. The first kappa shape index (κ1) is 17.8. The van der Waals surface area contributed by atoms with Gasteiger partial charge in [-0.25, -0.2) is 9.67 Å². The van der Waals surface area contributed by atoms with Gasteiger partial charge in [0.2, 0.25) is 5.89 Å². The van der Waals surface area contributed by atoms with Crippen LogP contribution in [0.25, 0.3) is 0 Å².